The van der Waals surface area contributed by atoms with Crippen molar-refractivity contribution in [2.24, 2.45) is 5.73 Å². The molecule has 2 saturated carbocycles. The first kappa shape index (κ1) is 22.6. The van der Waals surface area contributed by atoms with Crippen LogP contribution in [-0.2, 0) is 6.54 Å². The van der Waals surface area contributed by atoms with E-state index in [9.17, 15) is 0 Å². The molecular weight excluding hydrogens is 527 g/mol. The first-order valence-electron chi connectivity index (χ1n) is 12.1. The molecule has 0 aliphatic heterocycles. The third-order valence-electron chi connectivity index (χ3n) is 7.05. The quantitative estimate of drug-likeness (QED) is 0.252. The summed E-state index contributed by atoms with van der Waals surface area (Å²) >= 11 is 2.31. The summed E-state index contributed by atoms with van der Waals surface area (Å²) in [5.41, 5.74) is 15.9. The van der Waals surface area contributed by atoms with Gasteiger partial charge in [0.05, 0.1) is 6.33 Å². The van der Waals surface area contributed by atoms with Crippen molar-refractivity contribution in [3.63, 3.8) is 0 Å². The predicted molar refractivity (Wildman–Crippen MR) is 142 cm³/mol. The van der Waals surface area contributed by atoms with Crippen LogP contribution >= 0.6 is 22.6 Å². The molecule has 2 fully saturated rings. The van der Waals surface area contributed by atoms with Gasteiger partial charge in [-0.15, -0.1) is 0 Å². The van der Waals surface area contributed by atoms with Crippen molar-refractivity contribution in [1.29, 1.82) is 0 Å². The van der Waals surface area contributed by atoms with Crippen LogP contribution in [0, 0.1) is 3.57 Å². The lowest BCUT2D eigenvalue weighted by atomic mass is 9.92. The summed E-state index contributed by atoms with van der Waals surface area (Å²) in [5, 5.41) is 7.09. The van der Waals surface area contributed by atoms with Crippen LogP contribution in [0.15, 0.2) is 24.5 Å². The van der Waals surface area contributed by atoms with E-state index in [-0.39, 0.29) is 0 Å². The molecule has 2 aliphatic rings. The Morgan fingerprint density at radius 1 is 1.03 bits per heavy atom. The maximum atomic E-state index is 6.21. The van der Waals surface area contributed by atoms with E-state index in [1.165, 1.54) is 32.1 Å². The second-order valence-electron chi connectivity index (χ2n) is 9.46. The molecule has 8 nitrogen and oxygen atoms in total. The third-order valence-corrected chi connectivity index (χ3v) is 7.72. The molecule has 0 saturated heterocycles. The molecule has 0 bridgehead atoms. The van der Waals surface area contributed by atoms with E-state index in [4.69, 9.17) is 26.4 Å². The zero-order valence-electron chi connectivity index (χ0n) is 18.9. The SMILES string of the molecule is Nc1ccc(I)cc1CNc1nc(NC2CCC(N)CC2)nc2c1ncn2C1CCCCC1. The van der Waals surface area contributed by atoms with Gasteiger partial charge in [0.25, 0.3) is 0 Å². The third kappa shape index (κ3) is 5.18. The number of rotatable bonds is 6. The Balaban J connectivity index is 1.46. The number of hydrogen-bond donors (Lipinski definition) is 4. The fraction of sp³-hybridized carbons (Fsp3) is 0.542. The molecule has 2 aliphatic carbocycles. The van der Waals surface area contributed by atoms with E-state index < -0.39 is 0 Å². The van der Waals surface area contributed by atoms with E-state index in [2.05, 4.69) is 43.9 Å². The summed E-state index contributed by atoms with van der Waals surface area (Å²) < 4.78 is 3.43. The monoisotopic (exact) mass is 560 g/mol. The van der Waals surface area contributed by atoms with Gasteiger partial charge >= 0.3 is 0 Å². The molecule has 5 rings (SSSR count). The van der Waals surface area contributed by atoms with Crippen LogP contribution in [0.1, 0.15) is 69.4 Å². The second-order valence-corrected chi connectivity index (χ2v) is 10.7. The van der Waals surface area contributed by atoms with Gasteiger partial charge in [0.1, 0.15) is 0 Å². The van der Waals surface area contributed by atoms with Crippen molar-refractivity contribution >= 4 is 51.2 Å². The molecule has 3 aromatic rings. The molecule has 6 N–H and O–H groups in total. The minimum absolute atomic E-state index is 0.315. The van der Waals surface area contributed by atoms with Crippen molar-refractivity contribution in [2.75, 3.05) is 16.4 Å². The highest BCUT2D eigenvalue weighted by Crippen LogP contribution is 2.32. The number of nitrogens with one attached hydrogen (secondary N) is 2. The Morgan fingerprint density at radius 2 is 1.82 bits per heavy atom. The largest absolute Gasteiger partial charge is 0.398 e. The van der Waals surface area contributed by atoms with Gasteiger partial charge in [0.2, 0.25) is 5.95 Å². The average molecular weight is 560 g/mol. The number of imidazole rings is 1. The molecule has 0 radical (unpaired) electrons. The number of anilines is 3. The predicted octanol–water partition coefficient (Wildman–Crippen LogP) is 4.81. The molecule has 0 spiro atoms. The molecule has 176 valence electrons. The van der Waals surface area contributed by atoms with Gasteiger partial charge in [0.15, 0.2) is 17.0 Å². The van der Waals surface area contributed by atoms with Crippen LogP contribution in [0.4, 0.5) is 17.5 Å². The highest BCUT2D eigenvalue weighted by atomic mass is 127. The van der Waals surface area contributed by atoms with Gasteiger partial charge < -0.3 is 26.7 Å². The molecule has 9 heteroatoms. The first-order valence-corrected chi connectivity index (χ1v) is 13.2. The minimum Gasteiger partial charge on any atom is -0.398 e. The summed E-state index contributed by atoms with van der Waals surface area (Å²) in [6, 6.07) is 7.20. The summed E-state index contributed by atoms with van der Waals surface area (Å²) in [6.07, 6.45) is 12.3. The van der Waals surface area contributed by atoms with Crippen LogP contribution in [0.3, 0.4) is 0 Å². The standard InChI is InChI=1S/C24H33IN8/c25-16-6-11-20(27)15(12-16)13-28-22-21-23(33(14-29-21)19-4-2-1-3-5-19)32-24(31-22)30-18-9-7-17(26)8-10-18/h6,11-12,14,17-19H,1-5,7-10,13,26-27H2,(H2,28,30,31,32). The lowest BCUT2D eigenvalue weighted by molar-refractivity contribution is 0.358. The van der Waals surface area contributed by atoms with E-state index >= 15 is 0 Å². The molecule has 0 atom stereocenters. The lowest BCUT2D eigenvalue weighted by Gasteiger charge is -2.27. The smallest absolute Gasteiger partial charge is 0.227 e. The number of nitrogen functional groups attached to an aromatic ring is 1. The summed E-state index contributed by atoms with van der Waals surface area (Å²) in [4.78, 5) is 14.6. The molecule has 2 heterocycles. The van der Waals surface area contributed by atoms with E-state index in [0.717, 1.165) is 57.5 Å². The molecule has 1 aromatic carbocycles. The van der Waals surface area contributed by atoms with Crippen molar-refractivity contribution in [2.45, 2.75) is 82.5 Å². The number of nitrogens with two attached hydrogens (primary N) is 2. The fourth-order valence-corrected chi connectivity index (χ4v) is 5.64. The van der Waals surface area contributed by atoms with Crippen LogP contribution in [0.5, 0.6) is 0 Å². The van der Waals surface area contributed by atoms with Gasteiger partial charge in [-0.05, 0) is 84.9 Å². The van der Waals surface area contributed by atoms with Gasteiger partial charge in [-0.3, -0.25) is 0 Å². The van der Waals surface area contributed by atoms with Gasteiger partial charge in [-0.25, -0.2) is 4.98 Å². The Labute approximate surface area is 208 Å². The van der Waals surface area contributed by atoms with E-state index in [1.807, 2.05) is 18.5 Å². The van der Waals surface area contributed by atoms with E-state index in [1.54, 1.807) is 0 Å². The summed E-state index contributed by atoms with van der Waals surface area (Å²) in [5.74, 6) is 1.42. The maximum Gasteiger partial charge on any atom is 0.227 e. The van der Waals surface area contributed by atoms with E-state index in [0.29, 0.717) is 30.6 Å². The highest BCUT2D eigenvalue weighted by molar-refractivity contribution is 14.1. The fourth-order valence-electron chi connectivity index (χ4n) is 5.08. The van der Waals surface area contributed by atoms with Gasteiger partial charge in [-0.1, -0.05) is 19.3 Å². The highest BCUT2D eigenvalue weighted by Gasteiger charge is 2.23. The molecule has 0 amide bonds. The molecular formula is C24H33IN8. The Bertz CT molecular complexity index is 1100. The zero-order valence-corrected chi connectivity index (χ0v) is 21.1. The molecule has 2 aromatic heterocycles. The summed E-state index contributed by atoms with van der Waals surface area (Å²) in [6.45, 7) is 0.586. The van der Waals surface area contributed by atoms with Crippen LogP contribution in [-0.4, -0.2) is 31.6 Å². The number of nitrogens with zero attached hydrogens (tertiary/aromatic N) is 4. The second kappa shape index (κ2) is 10.0. The van der Waals surface area contributed by atoms with Crippen molar-refractivity contribution in [1.82, 2.24) is 19.5 Å². The number of aromatic nitrogens is 4. The molecule has 0 unspecified atom stereocenters. The number of benzene rings is 1. The Kier molecular flexibility index (Phi) is 6.86. The molecule has 33 heavy (non-hydrogen) atoms. The average Bonchev–Trinajstić information content (AvgIpc) is 3.26. The lowest BCUT2D eigenvalue weighted by Crippen LogP contribution is -2.33. The van der Waals surface area contributed by atoms with Gasteiger partial charge in [0, 0.05) is 33.9 Å². The van der Waals surface area contributed by atoms with Crippen molar-refractivity contribution < 1.29 is 0 Å². The first-order chi connectivity index (χ1) is 16.1. The number of hydrogen-bond acceptors (Lipinski definition) is 7. The van der Waals surface area contributed by atoms with Gasteiger partial charge in [-0.2, -0.15) is 9.97 Å². The Hall–Kier alpha value is -2.14. The minimum atomic E-state index is 0.315. The number of halogens is 1. The Morgan fingerprint density at radius 3 is 2.61 bits per heavy atom. The van der Waals surface area contributed by atoms with Crippen molar-refractivity contribution in [3.05, 3.63) is 33.7 Å². The maximum absolute atomic E-state index is 6.21. The van der Waals surface area contributed by atoms with Crippen LogP contribution < -0.4 is 22.1 Å². The van der Waals surface area contributed by atoms with Crippen LogP contribution in [0.2, 0.25) is 0 Å². The topological polar surface area (TPSA) is 120 Å². The van der Waals surface area contributed by atoms with Crippen LogP contribution in [0.25, 0.3) is 11.2 Å². The zero-order chi connectivity index (χ0) is 22.8. The summed E-state index contributed by atoms with van der Waals surface area (Å²) in [7, 11) is 0. The number of fused-ring (bicyclic) bond motifs is 1. The normalized spacial score (nSPS) is 21.9. The van der Waals surface area contributed by atoms with Crippen molar-refractivity contribution in [3.8, 4) is 0 Å².